The number of carbonyl (C=O) groups is 2. The van der Waals surface area contributed by atoms with E-state index >= 15 is 0 Å². The number of hydrogen-bond donors (Lipinski definition) is 1. The topological polar surface area (TPSA) is 117 Å². The molecule has 0 aliphatic heterocycles. The summed E-state index contributed by atoms with van der Waals surface area (Å²) in [5, 5.41) is 21.1. The molecule has 3 aromatic rings. The summed E-state index contributed by atoms with van der Waals surface area (Å²) in [7, 11) is 0. The molecule has 1 fully saturated rings. The normalized spacial score (nSPS) is 12.8. The Morgan fingerprint density at radius 3 is 2.85 bits per heavy atom. The molecule has 1 saturated carbocycles. The van der Waals surface area contributed by atoms with Crippen LogP contribution in [0, 0.1) is 11.3 Å². The maximum absolute atomic E-state index is 13.0. The standard InChI is InChI=1S/C23H24N6O3S/c1-16(30)25-18-5-2-6-19(13-18)29-22(17-8-9-17)26-27-23(29)33-15-21(31)28(11-4-10-24)14-20-7-3-12-32-20/h2-3,5-7,12-13,17H,4,8-9,11,14-15H2,1H3,(H,25,30). The zero-order valence-electron chi connectivity index (χ0n) is 18.2. The fourth-order valence-electron chi connectivity index (χ4n) is 3.43. The van der Waals surface area contributed by atoms with E-state index in [9.17, 15) is 9.59 Å². The number of benzene rings is 1. The number of carbonyl (C=O) groups excluding carboxylic acids is 2. The Bertz CT molecular complexity index is 1160. The van der Waals surface area contributed by atoms with Gasteiger partial charge in [0.2, 0.25) is 11.8 Å². The van der Waals surface area contributed by atoms with Crippen LogP contribution >= 0.6 is 11.8 Å². The van der Waals surface area contributed by atoms with Gasteiger partial charge in [-0.15, -0.1) is 10.2 Å². The Hall–Kier alpha value is -3.58. The predicted octanol–water partition coefficient (Wildman–Crippen LogP) is 3.73. The van der Waals surface area contributed by atoms with Crippen molar-refractivity contribution in [1.82, 2.24) is 19.7 Å². The molecule has 0 bridgehead atoms. The number of hydrogen-bond acceptors (Lipinski definition) is 7. The third-order valence-electron chi connectivity index (χ3n) is 5.12. The van der Waals surface area contributed by atoms with E-state index in [0.717, 1.165) is 24.4 Å². The third-order valence-corrected chi connectivity index (χ3v) is 6.04. The van der Waals surface area contributed by atoms with Crippen LogP contribution in [0.3, 0.4) is 0 Å². The number of nitriles is 1. The molecule has 9 nitrogen and oxygen atoms in total. The molecule has 1 aromatic carbocycles. The van der Waals surface area contributed by atoms with Gasteiger partial charge in [-0.25, -0.2) is 0 Å². The number of thioether (sulfide) groups is 1. The molecule has 1 aliphatic carbocycles. The number of aromatic nitrogens is 3. The number of nitrogens with one attached hydrogen (secondary N) is 1. The zero-order valence-corrected chi connectivity index (χ0v) is 19.0. The van der Waals surface area contributed by atoms with Crippen molar-refractivity contribution in [2.24, 2.45) is 0 Å². The van der Waals surface area contributed by atoms with E-state index in [2.05, 4.69) is 21.6 Å². The lowest BCUT2D eigenvalue weighted by Crippen LogP contribution is -2.32. The van der Waals surface area contributed by atoms with Gasteiger partial charge >= 0.3 is 0 Å². The fourth-order valence-corrected chi connectivity index (χ4v) is 4.30. The summed E-state index contributed by atoms with van der Waals surface area (Å²) < 4.78 is 7.33. The Morgan fingerprint density at radius 2 is 2.15 bits per heavy atom. The quantitative estimate of drug-likeness (QED) is 0.454. The van der Waals surface area contributed by atoms with Gasteiger partial charge in [-0.05, 0) is 43.2 Å². The Labute approximate surface area is 195 Å². The van der Waals surface area contributed by atoms with Gasteiger partial charge in [-0.3, -0.25) is 14.2 Å². The molecule has 0 spiro atoms. The number of nitrogens with zero attached hydrogens (tertiary/aromatic N) is 5. The molecule has 0 radical (unpaired) electrons. The molecule has 0 atom stereocenters. The third kappa shape index (κ3) is 5.81. The first-order valence-corrected chi connectivity index (χ1v) is 11.7. The van der Waals surface area contributed by atoms with Crippen molar-refractivity contribution in [3.8, 4) is 11.8 Å². The SMILES string of the molecule is CC(=O)Nc1cccc(-n2c(SCC(=O)N(CCC#N)Cc3ccco3)nnc2C2CC2)c1. The summed E-state index contributed by atoms with van der Waals surface area (Å²) >= 11 is 1.31. The van der Waals surface area contributed by atoms with E-state index in [-0.39, 0.29) is 24.0 Å². The highest BCUT2D eigenvalue weighted by atomic mass is 32.2. The molecule has 1 N–H and O–H groups in total. The lowest BCUT2D eigenvalue weighted by atomic mass is 10.2. The highest BCUT2D eigenvalue weighted by Crippen LogP contribution is 2.41. The van der Waals surface area contributed by atoms with Crippen molar-refractivity contribution in [2.45, 2.75) is 43.8 Å². The smallest absolute Gasteiger partial charge is 0.233 e. The van der Waals surface area contributed by atoms with Crippen LogP contribution in [0.15, 0.2) is 52.2 Å². The van der Waals surface area contributed by atoms with Gasteiger partial charge in [-0.1, -0.05) is 17.8 Å². The lowest BCUT2D eigenvalue weighted by Gasteiger charge is -2.20. The molecule has 1 aliphatic rings. The van der Waals surface area contributed by atoms with Crippen molar-refractivity contribution < 1.29 is 14.0 Å². The summed E-state index contributed by atoms with van der Waals surface area (Å²) in [6.07, 6.45) is 3.92. The molecule has 4 rings (SSSR count). The minimum atomic E-state index is -0.146. The van der Waals surface area contributed by atoms with Crippen LogP contribution in [-0.2, 0) is 16.1 Å². The average Bonchev–Trinajstić information content (AvgIpc) is 3.34. The molecular weight excluding hydrogens is 440 g/mol. The maximum Gasteiger partial charge on any atom is 0.233 e. The van der Waals surface area contributed by atoms with Crippen molar-refractivity contribution >= 4 is 29.3 Å². The average molecular weight is 465 g/mol. The van der Waals surface area contributed by atoms with Crippen LogP contribution in [0.1, 0.15) is 43.7 Å². The van der Waals surface area contributed by atoms with E-state index in [1.807, 2.05) is 28.8 Å². The van der Waals surface area contributed by atoms with Crippen LogP contribution < -0.4 is 5.32 Å². The first kappa shape index (κ1) is 22.6. The van der Waals surface area contributed by atoms with Crippen molar-refractivity contribution in [3.05, 3.63) is 54.2 Å². The fraction of sp³-hybridized carbons (Fsp3) is 0.348. The molecule has 2 heterocycles. The first-order valence-electron chi connectivity index (χ1n) is 10.7. The summed E-state index contributed by atoms with van der Waals surface area (Å²) in [5.74, 6) is 1.77. The van der Waals surface area contributed by atoms with Gasteiger partial charge in [0.1, 0.15) is 11.6 Å². The van der Waals surface area contributed by atoms with E-state index in [4.69, 9.17) is 9.68 Å². The predicted molar refractivity (Wildman–Crippen MR) is 123 cm³/mol. The zero-order chi connectivity index (χ0) is 23.2. The second-order valence-electron chi connectivity index (χ2n) is 7.77. The highest BCUT2D eigenvalue weighted by molar-refractivity contribution is 7.99. The second kappa shape index (κ2) is 10.4. The lowest BCUT2D eigenvalue weighted by molar-refractivity contribution is -0.129. The van der Waals surface area contributed by atoms with E-state index < -0.39 is 0 Å². The minimum absolute atomic E-state index is 0.110. The van der Waals surface area contributed by atoms with E-state index in [1.54, 1.807) is 23.3 Å². The summed E-state index contributed by atoms with van der Waals surface area (Å²) in [6.45, 7) is 2.11. The van der Waals surface area contributed by atoms with Crippen LogP contribution in [0.25, 0.3) is 5.69 Å². The monoisotopic (exact) mass is 464 g/mol. The van der Waals surface area contributed by atoms with E-state index in [1.165, 1.54) is 18.7 Å². The molecule has 2 amide bonds. The molecule has 0 saturated heterocycles. The molecule has 170 valence electrons. The largest absolute Gasteiger partial charge is 0.467 e. The summed E-state index contributed by atoms with van der Waals surface area (Å²) in [6, 6.07) is 13.2. The number of amides is 2. The van der Waals surface area contributed by atoms with Crippen molar-refractivity contribution in [2.75, 3.05) is 17.6 Å². The van der Waals surface area contributed by atoms with E-state index in [0.29, 0.717) is 35.6 Å². The van der Waals surface area contributed by atoms with Gasteiger partial charge in [0.05, 0.1) is 36.7 Å². The summed E-state index contributed by atoms with van der Waals surface area (Å²) in [4.78, 5) is 26.1. The van der Waals surface area contributed by atoms with Gasteiger partial charge in [0.25, 0.3) is 0 Å². The number of anilines is 1. The highest BCUT2D eigenvalue weighted by Gasteiger charge is 2.31. The molecule has 0 unspecified atom stereocenters. The molecule has 10 heteroatoms. The van der Waals surface area contributed by atoms with Gasteiger partial charge in [0.15, 0.2) is 5.16 Å². The molecule has 2 aromatic heterocycles. The van der Waals surface area contributed by atoms with Crippen molar-refractivity contribution in [3.63, 3.8) is 0 Å². The van der Waals surface area contributed by atoms with Crippen LogP contribution in [-0.4, -0.2) is 43.8 Å². The van der Waals surface area contributed by atoms with Crippen LogP contribution in [0.2, 0.25) is 0 Å². The van der Waals surface area contributed by atoms with Gasteiger partial charge in [0, 0.05) is 25.1 Å². The second-order valence-corrected chi connectivity index (χ2v) is 8.72. The molecule has 33 heavy (non-hydrogen) atoms. The maximum atomic E-state index is 13.0. The number of furan rings is 1. The van der Waals surface area contributed by atoms with Gasteiger partial charge < -0.3 is 14.6 Å². The van der Waals surface area contributed by atoms with Crippen molar-refractivity contribution in [1.29, 1.82) is 5.26 Å². The Morgan fingerprint density at radius 1 is 1.30 bits per heavy atom. The first-order chi connectivity index (χ1) is 16.0. The molecular formula is C23H24N6O3S. The Balaban J connectivity index is 1.53. The van der Waals surface area contributed by atoms with Crippen LogP contribution in [0.4, 0.5) is 5.69 Å². The minimum Gasteiger partial charge on any atom is -0.467 e. The Kier molecular flexibility index (Phi) is 7.10. The van der Waals surface area contributed by atoms with Crippen LogP contribution in [0.5, 0.6) is 0 Å². The summed E-state index contributed by atoms with van der Waals surface area (Å²) in [5.41, 5.74) is 1.52. The number of rotatable bonds is 10. The van der Waals surface area contributed by atoms with Gasteiger partial charge in [-0.2, -0.15) is 5.26 Å².